The number of carboxylic acid groups (broad SMARTS) is 2. The lowest BCUT2D eigenvalue weighted by atomic mass is 10.1. The Morgan fingerprint density at radius 2 is 1.33 bits per heavy atom. The first-order valence-corrected chi connectivity index (χ1v) is 17.0. The molecule has 0 atom stereocenters. The number of likely N-dealkylation sites (N-methyl/N-ethyl adjacent to an activating group) is 2. The summed E-state index contributed by atoms with van der Waals surface area (Å²) in [6, 6.07) is 10.1. The molecule has 15 heteroatoms. The van der Waals surface area contributed by atoms with Crippen LogP contribution < -0.4 is 4.90 Å². The maximum atomic E-state index is 11.0. The molecule has 1 aromatic heterocycles. The van der Waals surface area contributed by atoms with Gasteiger partial charge in [-0.2, -0.15) is 10.5 Å². The van der Waals surface area contributed by atoms with Crippen LogP contribution in [-0.4, -0.2) is 138 Å². The molecule has 2 aromatic rings. The van der Waals surface area contributed by atoms with E-state index in [9.17, 15) is 20.1 Å². The van der Waals surface area contributed by atoms with Gasteiger partial charge in [0.2, 0.25) is 0 Å². The molecule has 0 radical (unpaired) electrons. The summed E-state index contributed by atoms with van der Waals surface area (Å²) in [7, 11) is 7.95. The van der Waals surface area contributed by atoms with Crippen LogP contribution in [0, 0.1) is 36.5 Å². The van der Waals surface area contributed by atoms with Crippen molar-refractivity contribution >= 4 is 39.7 Å². The van der Waals surface area contributed by atoms with Gasteiger partial charge >= 0.3 is 11.9 Å². The van der Waals surface area contributed by atoms with E-state index in [2.05, 4.69) is 27.3 Å². The van der Waals surface area contributed by atoms with E-state index in [0.717, 1.165) is 22.6 Å². The molecule has 2 N–H and O–H groups in total. The largest absolute Gasteiger partial charge is 0.481 e. The summed E-state index contributed by atoms with van der Waals surface area (Å²) in [5.41, 5.74) is 3.46. The van der Waals surface area contributed by atoms with Gasteiger partial charge in [0.15, 0.2) is 5.00 Å². The molecule has 0 amide bonds. The third kappa shape index (κ3) is 15.4. The van der Waals surface area contributed by atoms with Gasteiger partial charge in [0.25, 0.3) is 0 Å². The zero-order valence-electron chi connectivity index (χ0n) is 29.6. The van der Waals surface area contributed by atoms with E-state index in [1.807, 2.05) is 53.3 Å². The SMILES string of the molecule is Cc1cc(N(CCOCCOCC[N+](C)(C)CCC(=O)O)CCOCC[N+](C)(C)CCC(=O)O)ccc1/N=N/c1sc(C#N)c(C)c1C#N. The lowest BCUT2D eigenvalue weighted by molar-refractivity contribution is -0.890. The van der Waals surface area contributed by atoms with E-state index in [4.69, 9.17) is 24.4 Å². The third-order valence-electron chi connectivity index (χ3n) is 8.06. The monoisotopic (exact) mass is 701 g/mol. The minimum Gasteiger partial charge on any atom is -0.481 e. The highest BCUT2D eigenvalue weighted by atomic mass is 32.1. The molecular formula is C34H51N7O7S+2. The van der Waals surface area contributed by atoms with Gasteiger partial charge in [-0.25, -0.2) is 0 Å². The summed E-state index contributed by atoms with van der Waals surface area (Å²) in [4.78, 5) is 24.4. The summed E-state index contributed by atoms with van der Waals surface area (Å²) in [6.07, 6.45) is 0.230. The van der Waals surface area contributed by atoms with E-state index < -0.39 is 11.9 Å². The molecule has 0 spiro atoms. The first-order valence-electron chi connectivity index (χ1n) is 16.2. The molecule has 0 bridgehead atoms. The molecule has 0 unspecified atom stereocenters. The molecular weight excluding hydrogens is 650 g/mol. The van der Waals surface area contributed by atoms with E-state index >= 15 is 0 Å². The number of nitrogens with zero attached hydrogens (tertiary/aromatic N) is 7. The average Bonchev–Trinajstić information content (AvgIpc) is 3.36. The summed E-state index contributed by atoms with van der Waals surface area (Å²) in [5.74, 6) is -1.61. The molecule has 268 valence electrons. The summed E-state index contributed by atoms with van der Waals surface area (Å²) < 4.78 is 18.7. The number of carboxylic acids is 2. The number of azo groups is 1. The second-order valence-electron chi connectivity index (χ2n) is 13.0. The highest BCUT2D eigenvalue weighted by Gasteiger charge is 2.18. The van der Waals surface area contributed by atoms with Crippen LogP contribution in [-0.2, 0) is 23.8 Å². The number of benzene rings is 1. The van der Waals surface area contributed by atoms with Crippen molar-refractivity contribution in [2.45, 2.75) is 26.7 Å². The first kappa shape index (κ1) is 41.2. The van der Waals surface area contributed by atoms with Crippen molar-refractivity contribution in [3.8, 4) is 12.1 Å². The lowest BCUT2D eigenvalue weighted by Gasteiger charge is -2.29. The van der Waals surface area contributed by atoms with Gasteiger partial charge in [-0.1, -0.05) is 0 Å². The molecule has 1 heterocycles. The van der Waals surface area contributed by atoms with Crippen molar-refractivity contribution in [2.24, 2.45) is 10.2 Å². The Hall–Kier alpha value is -3.96. The van der Waals surface area contributed by atoms with Crippen molar-refractivity contribution in [1.82, 2.24) is 0 Å². The standard InChI is InChI=1S/C34H49N7O7S/c1-26-23-28(7-8-30(26)37-38-34-29(24-35)27(2)31(25-36)49-34)39(11-17-46-19-15-40(3,4)13-9-32(42)43)12-18-47-21-22-48-20-16-41(5,6)14-10-33(44)45/h7-8,23H,9-22H2,1-6H3/p+2/b38-37+. The van der Waals surface area contributed by atoms with E-state index in [-0.39, 0.29) is 12.8 Å². The van der Waals surface area contributed by atoms with E-state index in [1.165, 1.54) is 0 Å². The number of quaternary nitrogens is 2. The number of hydrogen-bond donors (Lipinski definition) is 2. The Bertz CT molecular complexity index is 1490. The number of rotatable bonds is 24. The van der Waals surface area contributed by atoms with Gasteiger partial charge in [0.1, 0.15) is 30.1 Å². The molecule has 1 aromatic carbocycles. The Morgan fingerprint density at radius 3 is 1.82 bits per heavy atom. The Morgan fingerprint density at radius 1 is 0.796 bits per heavy atom. The predicted octanol–water partition coefficient (Wildman–Crippen LogP) is 4.48. The minimum atomic E-state index is -0.808. The van der Waals surface area contributed by atoms with Crippen LogP contribution in [0.2, 0.25) is 0 Å². The fraction of sp³-hybridized carbons (Fsp3) is 0.588. The number of aryl methyl sites for hydroxylation is 1. The zero-order chi connectivity index (χ0) is 36.5. The minimum absolute atomic E-state index is 0.109. The van der Waals surface area contributed by atoms with Crippen LogP contribution >= 0.6 is 11.3 Å². The predicted molar refractivity (Wildman–Crippen MR) is 187 cm³/mol. The first-order chi connectivity index (χ1) is 23.2. The molecule has 0 aliphatic rings. The van der Waals surface area contributed by atoms with E-state index in [0.29, 0.717) is 115 Å². The summed E-state index contributed by atoms with van der Waals surface area (Å²) in [6.45, 7) is 10.1. The number of nitriles is 2. The summed E-state index contributed by atoms with van der Waals surface area (Å²) >= 11 is 1.15. The lowest BCUT2D eigenvalue weighted by Crippen LogP contribution is -2.44. The molecule has 0 saturated carbocycles. The number of carbonyl (C=O) groups is 2. The van der Waals surface area contributed by atoms with Crippen molar-refractivity contribution in [3.05, 3.63) is 39.8 Å². The second-order valence-corrected chi connectivity index (χ2v) is 14.0. The van der Waals surface area contributed by atoms with Crippen LogP contribution in [0.3, 0.4) is 0 Å². The van der Waals surface area contributed by atoms with Crippen molar-refractivity contribution in [2.75, 3.05) is 112 Å². The molecule has 0 aliphatic carbocycles. The van der Waals surface area contributed by atoms with Gasteiger partial charge in [0.05, 0.1) is 105 Å². The van der Waals surface area contributed by atoms with Crippen LogP contribution in [0.1, 0.15) is 34.4 Å². The second kappa shape index (κ2) is 20.5. The number of thiophene rings is 1. The normalized spacial score (nSPS) is 11.8. The Kier molecular flexibility index (Phi) is 17.3. The molecule has 14 nitrogen and oxygen atoms in total. The fourth-order valence-electron chi connectivity index (χ4n) is 4.64. The van der Waals surface area contributed by atoms with E-state index in [1.54, 1.807) is 6.92 Å². The van der Waals surface area contributed by atoms with Crippen molar-refractivity contribution < 1.29 is 43.0 Å². The van der Waals surface area contributed by atoms with Crippen LogP contribution in [0.5, 0.6) is 0 Å². The molecule has 0 aliphatic heterocycles. The van der Waals surface area contributed by atoms with Crippen LogP contribution in [0.15, 0.2) is 28.4 Å². The number of hydrogen-bond acceptors (Lipinski definition) is 11. The van der Waals surface area contributed by atoms with Crippen molar-refractivity contribution in [1.29, 1.82) is 10.5 Å². The quantitative estimate of drug-likeness (QED) is 0.0901. The highest BCUT2D eigenvalue weighted by molar-refractivity contribution is 7.16. The van der Waals surface area contributed by atoms with Gasteiger partial charge in [-0.05, 0) is 43.2 Å². The number of ether oxygens (including phenoxy) is 3. The average molecular weight is 702 g/mol. The van der Waals surface area contributed by atoms with Gasteiger partial charge in [0, 0.05) is 18.8 Å². The molecule has 49 heavy (non-hydrogen) atoms. The highest BCUT2D eigenvalue weighted by Crippen LogP contribution is 2.36. The van der Waals surface area contributed by atoms with Crippen molar-refractivity contribution in [3.63, 3.8) is 0 Å². The molecule has 0 fully saturated rings. The Balaban J connectivity index is 1.99. The van der Waals surface area contributed by atoms with Crippen LogP contribution in [0.4, 0.5) is 16.4 Å². The van der Waals surface area contributed by atoms with Gasteiger partial charge in [-0.15, -0.1) is 21.6 Å². The maximum Gasteiger partial charge on any atom is 0.309 e. The number of anilines is 1. The van der Waals surface area contributed by atoms with Gasteiger partial charge in [-0.3, -0.25) is 9.59 Å². The van der Waals surface area contributed by atoms with Crippen LogP contribution in [0.25, 0.3) is 0 Å². The van der Waals surface area contributed by atoms with Gasteiger partial charge < -0.3 is 38.3 Å². The zero-order valence-corrected chi connectivity index (χ0v) is 30.4. The Labute approximate surface area is 293 Å². The topological polar surface area (TPSA) is 178 Å². The fourth-order valence-corrected chi connectivity index (χ4v) is 5.52. The number of aliphatic carboxylic acids is 2. The third-order valence-corrected chi connectivity index (χ3v) is 9.14. The maximum absolute atomic E-state index is 11.0. The smallest absolute Gasteiger partial charge is 0.309 e. The molecule has 0 saturated heterocycles. The summed E-state index contributed by atoms with van der Waals surface area (Å²) in [5, 5.41) is 45.9. The molecule has 2 rings (SSSR count).